The van der Waals surface area contributed by atoms with Crippen molar-refractivity contribution in [1.82, 2.24) is 15.5 Å². The SMILES string of the molecule is CCCC(=N)/C(=C\[NH2+]C1=CC=CNC1)N(CC)C(=O)NC(=O)c1ccc(OC(F)(F)F)cc1. The number of nitrogens with one attached hydrogen (secondary N) is 3. The lowest BCUT2D eigenvalue weighted by Crippen LogP contribution is -2.78. The number of hydrogen-bond acceptors (Lipinski definition) is 5. The van der Waals surface area contributed by atoms with E-state index < -0.39 is 24.1 Å². The molecule has 0 saturated heterocycles. The zero-order valence-electron chi connectivity index (χ0n) is 18.3. The van der Waals surface area contributed by atoms with Gasteiger partial charge in [0.25, 0.3) is 5.91 Å². The Labute approximate surface area is 189 Å². The van der Waals surface area contributed by atoms with E-state index in [0.717, 1.165) is 30.0 Å². The van der Waals surface area contributed by atoms with E-state index >= 15 is 0 Å². The highest BCUT2D eigenvalue weighted by atomic mass is 19.4. The van der Waals surface area contributed by atoms with Gasteiger partial charge in [0, 0.05) is 12.1 Å². The molecule has 0 bridgehead atoms. The van der Waals surface area contributed by atoms with E-state index in [1.165, 1.54) is 4.90 Å². The fraction of sp³-hybridized carbons (Fsp3) is 0.318. The lowest BCUT2D eigenvalue weighted by molar-refractivity contribution is -0.536. The molecule has 0 aliphatic carbocycles. The lowest BCUT2D eigenvalue weighted by atomic mass is 10.1. The van der Waals surface area contributed by atoms with E-state index in [9.17, 15) is 22.8 Å². The highest BCUT2D eigenvalue weighted by Crippen LogP contribution is 2.22. The van der Waals surface area contributed by atoms with Crippen LogP contribution in [0, 0.1) is 5.41 Å². The number of carbonyl (C=O) groups excluding carboxylic acids is 2. The summed E-state index contributed by atoms with van der Waals surface area (Å²) in [5.41, 5.74) is 1.54. The van der Waals surface area contributed by atoms with Crippen molar-refractivity contribution in [2.24, 2.45) is 0 Å². The van der Waals surface area contributed by atoms with Crippen LogP contribution in [0.3, 0.4) is 0 Å². The fourth-order valence-corrected chi connectivity index (χ4v) is 2.98. The maximum atomic E-state index is 12.8. The molecule has 0 radical (unpaired) electrons. The van der Waals surface area contributed by atoms with E-state index in [0.29, 0.717) is 25.1 Å². The number of carbonyl (C=O) groups is 2. The number of nitrogens with two attached hydrogens (primary N) is 1. The number of urea groups is 1. The highest BCUT2D eigenvalue weighted by molar-refractivity contribution is 6.07. The van der Waals surface area contributed by atoms with E-state index in [4.69, 9.17) is 5.41 Å². The first-order valence-corrected chi connectivity index (χ1v) is 10.3. The molecule has 33 heavy (non-hydrogen) atoms. The molecule has 1 heterocycles. The molecule has 0 saturated carbocycles. The Hall–Kier alpha value is -3.60. The minimum atomic E-state index is -4.84. The molecule has 11 heteroatoms. The topological polar surface area (TPSA) is 111 Å². The van der Waals surface area contributed by atoms with Gasteiger partial charge in [0.05, 0.1) is 12.3 Å². The Morgan fingerprint density at radius 2 is 1.97 bits per heavy atom. The smallest absolute Gasteiger partial charge is 0.406 e. The number of hydrogen-bond donors (Lipinski definition) is 4. The van der Waals surface area contributed by atoms with Crippen molar-refractivity contribution >= 4 is 17.6 Å². The van der Waals surface area contributed by atoms with E-state index in [2.05, 4.69) is 15.4 Å². The van der Waals surface area contributed by atoms with Gasteiger partial charge in [-0.2, -0.15) is 0 Å². The van der Waals surface area contributed by atoms with E-state index in [-0.39, 0.29) is 17.8 Å². The summed E-state index contributed by atoms with van der Waals surface area (Å²) in [6.45, 7) is 4.43. The summed E-state index contributed by atoms with van der Waals surface area (Å²) >= 11 is 0. The van der Waals surface area contributed by atoms with Gasteiger partial charge in [-0.15, -0.1) is 13.2 Å². The number of quaternary nitrogens is 1. The number of amides is 3. The summed E-state index contributed by atoms with van der Waals surface area (Å²) in [6, 6.07) is 3.48. The number of dihydropyridines is 1. The Morgan fingerprint density at radius 1 is 1.27 bits per heavy atom. The summed E-state index contributed by atoms with van der Waals surface area (Å²) in [5.74, 6) is -1.26. The van der Waals surface area contributed by atoms with Crippen LogP contribution in [0.4, 0.5) is 18.0 Å². The number of ether oxygens (including phenoxy) is 1. The Kier molecular flexibility index (Phi) is 9.22. The largest absolute Gasteiger partial charge is 0.573 e. The average Bonchev–Trinajstić information content (AvgIpc) is 2.76. The third kappa shape index (κ3) is 8.11. The quantitative estimate of drug-likeness (QED) is 0.419. The molecule has 0 spiro atoms. The maximum Gasteiger partial charge on any atom is 0.573 e. The number of alkyl halides is 3. The molecule has 2 rings (SSSR count). The fourth-order valence-electron chi connectivity index (χ4n) is 2.98. The molecule has 3 amide bonds. The molecule has 1 aliphatic rings. The van der Waals surface area contributed by atoms with Crippen molar-refractivity contribution in [3.05, 3.63) is 65.8 Å². The van der Waals surface area contributed by atoms with Crippen LogP contribution in [-0.2, 0) is 0 Å². The van der Waals surface area contributed by atoms with Crippen molar-refractivity contribution < 1.29 is 32.8 Å². The molecule has 0 fully saturated rings. The normalized spacial score (nSPS) is 13.6. The second-order valence-corrected chi connectivity index (χ2v) is 7.00. The van der Waals surface area contributed by atoms with E-state index in [1.54, 1.807) is 24.6 Å². The van der Waals surface area contributed by atoms with Gasteiger partial charge in [-0.3, -0.25) is 20.3 Å². The number of imide groups is 1. The van der Waals surface area contributed by atoms with Crippen LogP contribution in [0.5, 0.6) is 5.75 Å². The molecule has 178 valence electrons. The van der Waals surface area contributed by atoms with Gasteiger partial charge in [0.15, 0.2) is 0 Å². The second kappa shape index (κ2) is 11.9. The minimum Gasteiger partial charge on any atom is -0.406 e. The van der Waals surface area contributed by atoms with Crippen molar-refractivity contribution in [3.63, 3.8) is 0 Å². The molecular formula is C22H27F3N5O3+. The number of benzene rings is 1. The molecule has 1 aromatic rings. The summed E-state index contributed by atoms with van der Waals surface area (Å²) in [4.78, 5) is 26.6. The molecule has 1 aromatic carbocycles. The predicted molar refractivity (Wildman–Crippen MR) is 116 cm³/mol. The maximum absolute atomic E-state index is 12.8. The third-order valence-corrected chi connectivity index (χ3v) is 4.52. The van der Waals surface area contributed by atoms with Crippen molar-refractivity contribution in [2.75, 3.05) is 13.1 Å². The number of nitrogens with zero attached hydrogens (tertiary/aromatic N) is 1. The van der Waals surface area contributed by atoms with Crippen molar-refractivity contribution in [1.29, 1.82) is 5.41 Å². The summed E-state index contributed by atoms with van der Waals surface area (Å²) in [5, 5.41) is 15.5. The predicted octanol–water partition coefficient (Wildman–Crippen LogP) is 2.98. The average molecular weight is 466 g/mol. The molecular weight excluding hydrogens is 439 g/mol. The number of rotatable bonds is 9. The van der Waals surface area contributed by atoms with Crippen LogP contribution < -0.4 is 20.7 Å². The Bertz CT molecular complexity index is 953. The van der Waals surface area contributed by atoms with Gasteiger partial charge >= 0.3 is 12.4 Å². The van der Waals surface area contributed by atoms with Crippen LogP contribution in [0.15, 0.2) is 60.2 Å². The highest BCUT2D eigenvalue weighted by Gasteiger charge is 2.31. The van der Waals surface area contributed by atoms with Gasteiger partial charge in [0.1, 0.15) is 23.3 Å². The first-order chi connectivity index (χ1) is 15.6. The third-order valence-electron chi connectivity index (χ3n) is 4.52. The van der Waals surface area contributed by atoms with Crippen LogP contribution in [0.25, 0.3) is 0 Å². The van der Waals surface area contributed by atoms with Crippen LogP contribution >= 0.6 is 0 Å². The summed E-state index contributed by atoms with van der Waals surface area (Å²) < 4.78 is 40.6. The lowest BCUT2D eigenvalue weighted by Gasteiger charge is -2.23. The van der Waals surface area contributed by atoms with E-state index in [1.807, 2.05) is 19.1 Å². The van der Waals surface area contributed by atoms with Gasteiger partial charge in [-0.1, -0.05) is 13.3 Å². The first kappa shape index (κ1) is 25.7. The zero-order chi connectivity index (χ0) is 24.4. The standard InChI is InChI=1S/C22H26F3N5O3/c1-3-6-18(26)19(14-28-16-7-5-12-27-13-16)30(4-2)21(32)29-20(31)15-8-10-17(11-9-15)33-22(23,24)25/h5,7-12,14,26-28H,3-4,6,13H2,1-2H3,(H,29,31,32)/p+1/b19-14+,26-18?. The summed E-state index contributed by atoms with van der Waals surface area (Å²) in [7, 11) is 0. The van der Waals surface area contributed by atoms with Crippen molar-refractivity contribution in [3.8, 4) is 5.75 Å². The summed E-state index contributed by atoms with van der Waals surface area (Å²) in [6.07, 6.45) is 3.52. The molecule has 0 atom stereocenters. The molecule has 5 N–H and O–H groups in total. The van der Waals surface area contributed by atoms with Gasteiger partial charge in [0.2, 0.25) is 0 Å². The van der Waals surface area contributed by atoms with Crippen LogP contribution in [0.2, 0.25) is 0 Å². The molecule has 8 nitrogen and oxygen atoms in total. The monoisotopic (exact) mass is 466 g/mol. The molecule has 1 aliphatic heterocycles. The minimum absolute atomic E-state index is 0.0140. The molecule has 0 unspecified atom stereocenters. The number of halogens is 3. The number of allylic oxidation sites excluding steroid dienone is 3. The second-order valence-electron chi connectivity index (χ2n) is 7.00. The van der Waals surface area contributed by atoms with Gasteiger partial charge in [-0.05, 0) is 56.0 Å². The Balaban J connectivity index is 2.15. The van der Waals surface area contributed by atoms with Crippen LogP contribution in [-0.4, -0.2) is 42.0 Å². The van der Waals surface area contributed by atoms with Gasteiger partial charge < -0.3 is 15.5 Å². The first-order valence-electron chi connectivity index (χ1n) is 10.3. The van der Waals surface area contributed by atoms with Gasteiger partial charge in [-0.25, -0.2) is 4.79 Å². The van der Waals surface area contributed by atoms with Crippen LogP contribution in [0.1, 0.15) is 37.0 Å². The molecule has 0 aromatic heterocycles. The van der Waals surface area contributed by atoms with Crippen molar-refractivity contribution in [2.45, 2.75) is 33.1 Å². The zero-order valence-corrected chi connectivity index (χ0v) is 18.3. The Morgan fingerprint density at radius 3 is 2.52 bits per heavy atom.